The fourth-order valence-corrected chi connectivity index (χ4v) is 2.98. The van der Waals surface area contributed by atoms with Crippen LogP contribution in [-0.2, 0) is 11.2 Å². The average Bonchev–Trinajstić information content (AvgIpc) is 2.59. The van der Waals surface area contributed by atoms with Crippen LogP contribution in [0.4, 0.5) is 0 Å². The lowest BCUT2D eigenvalue weighted by Crippen LogP contribution is -2.27. The summed E-state index contributed by atoms with van der Waals surface area (Å²) in [6.07, 6.45) is 3.01. The van der Waals surface area contributed by atoms with Gasteiger partial charge in [-0.1, -0.05) is 42.0 Å². The van der Waals surface area contributed by atoms with E-state index in [-0.39, 0.29) is 12.5 Å². The molecule has 3 rings (SSSR count). The lowest BCUT2D eigenvalue weighted by atomic mass is 9.90. The van der Waals surface area contributed by atoms with Crippen molar-refractivity contribution in [2.75, 3.05) is 6.61 Å². The summed E-state index contributed by atoms with van der Waals surface area (Å²) in [5, 5.41) is 4.31. The van der Waals surface area contributed by atoms with E-state index in [2.05, 4.69) is 22.7 Å². The molecule has 0 fully saturated rings. The van der Waals surface area contributed by atoms with Crippen molar-refractivity contribution in [1.29, 1.82) is 0 Å². The summed E-state index contributed by atoms with van der Waals surface area (Å²) >= 11 is 0. The highest BCUT2D eigenvalue weighted by atomic mass is 16.5. The molecule has 0 spiro atoms. The van der Waals surface area contributed by atoms with E-state index in [4.69, 9.17) is 4.74 Å². The number of fused-ring (bicyclic) bond motifs is 1. The number of amides is 1. The van der Waals surface area contributed by atoms with Gasteiger partial charge in [-0.3, -0.25) is 4.79 Å². The minimum absolute atomic E-state index is 0.0394. The fourth-order valence-electron chi connectivity index (χ4n) is 2.98. The van der Waals surface area contributed by atoms with Crippen LogP contribution >= 0.6 is 0 Å². The van der Waals surface area contributed by atoms with Crippen LogP contribution in [0.15, 0.2) is 47.6 Å². The van der Waals surface area contributed by atoms with Crippen LogP contribution in [0, 0.1) is 13.8 Å². The van der Waals surface area contributed by atoms with Gasteiger partial charge in [0.15, 0.2) is 6.61 Å². The molecule has 0 heterocycles. The molecule has 0 bridgehead atoms. The van der Waals surface area contributed by atoms with Crippen molar-refractivity contribution in [3.63, 3.8) is 0 Å². The molecular weight excluding hydrogens is 300 g/mol. The van der Waals surface area contributed by atoms with E-state index < -0.39 is 0 Å². The zero-order valence-corrected chi connectivity index (χ0v) is 14.1. The van der Waals surface area contributed by atoms with E-state index in [0.29, 0.717) is 0 Å². The highest BCUT2D eigenvalue weighted by Crippen LogP contribution is 2.21. The van der Waals surface area contributed by atoms with Crippen molar-refractivity contribution < 1.29 is 9.53 Å². The second-order valence-corrected chi connectivity index (χ2v) is 6.16. The number of carbonyl (C=O) groups excluding carboxylic acids is 1. The summed E-state index contributed by atoms with van der Waals surface area (Å²) in [4.78, 5) is 12.0. The van der Waals surface area contributed by atoms with Crippen molar-refractivity contribution >= 4 is 11.6 Å². The Labute approximate surface area is 142 Å². The summed E-state index contributed by atoms with van der Waals surface area (Å²) in [5.41, 5.74) is 8.19. The predicted molar refractivity (Wildman–Crippen MR) is 95.5 cm³/mol. The molecule has 1 N–H and O–H groups in total. The highest BCUT2D eigenvalue weighted by Gasteiger charge is 2.15. The maximum absolute atomic E-state index is 12.0. The van der Waals surface area contributed by atoms with Crippen molar-refractivity contribution in [2.45, 2.75) is 33.1 Å². The Kier molecular flexibility index (Phi) is 4.94. The number of nitrogens with one attached hydrogen (secondary N) is 1. The van der Waals surface area contributed by atoms with Crippen LogP contribution < -0.4 is 10.2 Å². The Morgan fingerprint density at radius 1 is 1.17 bits per heavy atom. The number of rotatable bonds is 4. The summed E-state index contributed by atoms with van der Waals surface area (Å²) in [6, 6.07) is 14.1. The molecule has 1 aliphatic carbocycles. The highest BCUT2D eigenvalue weighted by molar-refractivity contribution is 6.03. The van der Waals surface area contributed by atoms with Crippen LogP contribution in [0.25, 0.3) is 0 Å². The molecule has 2 aromatic carbocycles. The maximum Gasteiger partial charge on any atom is 0.277 e. The first-order valence-electron chi connectivity index (χ1n) is 8.27. The summed E-state index contributed by atoms with van der Waals surface area (Å²) in [6.45, 7) is 3.96. The number of ether oxygens (including phenoxy) is 1. The Morgan fingerprint density at radius 3 is 2.83 bits per heavy atom. The Balaban J connectivity index is 1.60. The molecule has 1 aliphatic rings. The molecule has 0 saturated heterocycles. The van der Waals surface area contributed by atoms with Crippen molar-refractivity contribution in [1.82, 2.24) is 5.43 Å². The molecule has 0 unspecified atom stereocenters. The van der Waals surface area contributed by atoms with E-state index >= 15 is 0 Å². The lowest BCUT2D eigenvalue weighted by molar-refractivity contribution is -0.123. The van der Waals surface area contributed by atoms with E-state index in [1.54, 1.807) is 0 Å². The topological polar surface area (TPSA) is 50.7 Å². The first-order chi connectivity index (χ1) is 11.6. The van der Waals surface area contributed by atoms with Crippen LogP contribution in [0.2, 0.25) is 0 Å². The Morgan fingerprint density at radius 2 is 2.00 bits per heavy atom. The average molecular weight is 322 g/mol. The number of aryl methyl sites for hydroxylation is 3. The first-order valence-corrected chi connectivity index (χ1v) is 8.27. The van der Waals surface area contributed by atoms with Crippen LogP contribution in [0.3, 0.4) is 0 Å². The molecule has 0 aliphatic heterocycles. The van der Waals surface area contributed by atoms with Crippen molar-refractivity contribution in [3.8, 4) is 5.75 Å². The summed E-state index contributed by atoms with van der Waals surface area (Å²) < 4.78 is 5.58. The van der Waals surface area contributed by atoms with Crippen molar-refractivity contribution in [2.24, 2.45) is 5.10 Å². The Bertz CT molecular complexity index is 781. The maximum atomic E-state index is 12.0. The monoisotopic (exact) mass is 322 g/mol. The van der Waals surface area contributed by atoms with Gasteiger partial charge in [0.25, 0.3) is 5.91 Å². The number of benzene rings is 2. The molecule has 0 saturated carbocycles. The second-order valence-electron chi connectivity index (χ2n) is 6.16. The van der Waals surface area contributed by atoms with Crippen molar-refractivity contribution in [3.05, 3.63) is 64.7 Å². The predicted octanol–water partition coefficient (Wildman–Crippen LogP) is 3.54. The van der Waals surface area contributed by atoms with Gasteiger partial charge in [-0.2, -0.15) is 5.10 Å². The third-order valence-electron chi connectivity index (χ3n) is 4.19. The summed E-state index contributed by atoms with van der Waals surface area (Å²) in [5.74, 6) is 0.483. The third-order valence-corrected chi connectivity index (χ3v) is 4.19. The van der Waals surface area contributed by atoms with Crippen LogP contribution in [0.1, 0.15) is 35.1 Å². The van der Waals surface area contributed by atoms with Crippen LogP contribution in [0.5, 0.6) is 5.75 Å². The van der Waals surface area contributed by atoms with Gasteiger partial charge in [0, 0.05) is 5.56 Å². The van der Waals surface area contributed by atoms with Gasteiger partial charge in [0.2, 0.25) is 0 Å². The van der Waals surface area contributed by atoms with E-state index in [0.717, 1.165) is 41.9 Å². The molecule has 1 amide bonds. The molecule has 0 atom stereocenters. The zero-order valence-electron chi connectivity index (χ0n) is 14.1. The zero-order chi connectivity index (χ0) is 16.9. The number of carbonyl (C=O) groups is 1. The molecule has 4 heteroatoms. The number of nitrogens with zero attached hydrogens (tertiary/aromatic N) is 1. The van der Waals surface area contributed by atoms with Gasteiger partial charge in [0.1, 0.15) is 5.75 Å². The Hall–Kier alpha value is -2.62. The number of hydrogen-bond acceptors (Lipinski definition) is 3. The first kappa shape index (κ1) is 16.2. The summed E-state index contributed by atoms with van der Waals surface area (Å²) in [7, 11) is 0. The standard InChI is InChI=1S/C20H22N2O2/c1-14-10-11-19(15(2)12-14)24-13-20(23)22-21-18-9-5-7-16-6-3-4-8-17(16)18/h3-4,6,8,10-12H,5,7,9,13H2,1-2H3,(H,22,23)/b21-18+. The second kappa shape index (κ2) is 7.30. The van der Waals surface area contributed by atoms with Gasteiger partial charge in [-0.05, 0) is 50.3 Å². The van der Waals surface area contributed by atoms with E-state index in [1.165, 1.54) is 11.1 Å². The van der Waals surface area contributed by atoms with Crippen LogP contribution in [-0.4, -0.2) is 18.2 Å². The molecule has 24 heavy (non-hydrogen) atoms. The van der Waals surface area contributed by atoms with E-state index in [1.807, 2.05) is 44.2 Å². The van der Waals surface area contributed by atoms with Gasteiger partial charge >= 0.3 is 0 Å². The van der Waals surface area contributed by atoms with Gasteiger partial charge in [-0.25, -0.2) is 5.43 Å². The molecular formula is C20H22N2O2. The largest absolute Gasteiger partial charge is 0.483 e. The van der Waals surface area contributed by atoms with E-state index in [9.17, 15) is 4.79 Å². The van der Waals surface area contributed by atoms with Gasteiger partial charge < -0.3 is 4.74 Å². The number of hydrogen-bond donors (Lipinski definition) is 1. The molecule has 124 valence electrons. The minimum atomic E-state index is -0.245. The third kappa shape index (κ3) is 3.82. The minimum Gasteiger partial charge on any atom is -0.483 e. The molecule has 2 aromatic rings. The molecule has 4 nitrogen and oxygen atoms in total. The smallest absolute Gasteiger partial charge is 0.277 e. The van der Waals surface area contributed by atoms with Gasteiger partial charge in [-0.15, -0.1) is 0 Å². The fraction of sp³-hybridized carbons (Fsp3) is 0.300. The SMILES string of the molecule is Cc1ccc(OCC(=O)N/N=C2\CCCc3ccccc32)c(C)c1. The quantitative estimate of drug-likeness (QED) is 0.875. The molecule has 0 aromatic heterocycles. The normalized spacial score (nSPS) is 15.0. The van der Waals surface area contributed by atoms with Gasteiger partial charge in [0.05, 0.1) is 5.71 Å². The number of hydrazone groups is 1. The lowest BCUT2D eigenvalue weighted by Gasteiger charge is -2.17. The molecule has 0 radical (unpaired) electrons.